The van der Waals surface area contributed by atoms with Crippen molar-refractivity contribution in [3.05, 3.63) is 64.4 Å². The van der Waals surface area contributed by atoms with Crippen LogP contribution in [0.3, 0.4) is 0 Å². The van der Waals surface area contributed by atoms with E-state index in [-0.39, 0.29) is 17.6 Å². The lowest BCUT2D eigenvalue weighted by Crippen LogP contribution is -2.28. The number of hydrogen-bond acceptors (Lipinski definition) is 3. The molecule has 2 aromatic carbocycles. The molecule has 0 atom stereocenters. The van der Waals surface area contributed by atoms with Gasteiger partial charge in [-0.2, -0.15) is 0 Å². The Balaban J connectivity index is 1.60. The van der Waals surface area contributed by atoms with Crippen molar-refractivity contribution in [3.8, 4) is 5.75 Å². The van der Waals surface area contributed by atoms with E-state index in [1.54, 1.807) is 36.4 Å². The maximum absolute atomic E-state index is 12.5. The summed E-state index contributed by atoms with van der Waals surface area (Å²) >= 11 is 6.14. The predicted molar refractivity (Wildman–Crippen MR) is 100 cm³/mol. The van der Waals surface area contributed by atoms with E-state index >= 15 is 0 Å². The van der Waals surface area contributed by atoms with Gasteiger partial charge in [0, 0.05) is 23.7 Å². The minimum atomic E-state index is -0.372. The highest BCUT2D eigenvalue weighted by Crippen LogP contribution is 2.33. The predicted octanol–water partition coefficient (Wildman–Crippen LogP) is 3.95. The van der Waals surface area contributed by atoms with Crippen LogP contribution in [0.1, 0.15) is 28.8 Å². The molecular formula is C20H17ClN2O3. The lowest BCUT2D eigenvalue weighted by atomic mass is 10.1. The summed E-state index contributed by atoms with van der Waals surface area (Å²) in [5.41, 5.74) is 1.74. The zero-order chi connectivity index (χ0) is 18.1. The number of amides is 2. The Bertz CT molecular complexity index is 917. The van der Waals surface area contributed by atoms with Crippen molar-refractivity contribution in [3.63, 3.8) is 0 Å². The molecule has 0 saturated carbocycles. The molecule has 1 saturated heterocycles. The molecule has 1 fully saturated rings. The van der Waals surface area contributed by atoms with Gasteiger partial charge in [0.1, 0.15) is 0 Å². The number of hydrogen-bond donors (Lipinski definition) is 1. The van der Waals surface area contributed by atoms with Crippen LogP contribution in [0, 0.1) is 0 Å². The van der Waals surface area contributed by atoms with Crippen LogP contribution in [-0.2, 0) is 4.79 Å². The average Bonchev–Trinajstić information content (AvgIpc) is 3.18. The first-order chi connectivity index (χ1) is 12.6. The molecule has 2 aromatic rings. The van der Waals surface area contributed by atoms with Crippen LogP contribution < -0.4 is 10.1 Å². The lowest BCUT2D eigenvalue weighted by Gasteiger charge is -2.22. The highest BCUT2D eigenvalue weighted by Gasteiger charge is 2.25. The van der Waals surface area contributed by atoms with E-state index < -0.39 is 0 Å². The van der Waals surface area contributed by atoms with E-state index in [4.69, 9.17) is 16.3 Å². The molecule has 0 unspecified atom stereocenters. The van der Waals surface area contributed by atoms with Crippen LogP contribution in [0.2, 0.25) is 5.02 Å². The standard InChI is InChI=1S/C20H17ClN2O3/c21-15-6-2-1-5-13(15)12-18-19(24)22-16-11-14(7-8-17(16)26-18)20(25)23-9-3-4-10-23/h1-2,5-8,11-12H,3-4,9-10H2,(H,22,24)/b18-12-. The van der Waals surface area contributed by atoms with Crippen molar-refractivity contribution in [2.24, 2.45) is 0 Å². The zero-order valence-electron chi connectivity index (χ0n) is 14.0. The van der Waals surface area contributed by atoms with Crippen LogP contribution in [0.5, 0.6) is 5.75 Å². The maximum Gasteiger partial charge on any atom is 0.291 e. The lowest BCUT2D eigenvalue weighted by molar-refractivity contribution is -0.115. The Hall–Kier alpha value is -2.79. The molecule has 2 heterocycles. The van der Waals surface area contributed by atoms with Crippen molar-refractivity contribution >= 4 is 35.2 Å². The van der Waals surface area contributed by atoms with Crippen LogP contribution >= 0.6 is 11.6 Å². The van der Waals surface area contributed by atoms with E-state index in [1.165, 1.54) is 0 Å². The summed E-state index contributed by atoms with van der Waals surface area (Å²) < 4.78 is 5.73. The Labute approximate surface area is 156 Å². The van der Waals surface area contributed by atoms with Crippen molar-refractivity contribution in [2.75, 3.05) is 18.4 Å². The Kier molecular flexibility index (Phi) is 4.39. The van der Waals surface area contributed by atoms with Gasteiger partial charge in [0.05, 0.1) is 5.69 Å². The fraction of sp³-hybridized carbons (Fsp3) is 0.200. The molecule has 0 radical (unpaired) electrons. The van der Waals surface area contributed by atoms with Crippen molar-refractivity contribution in [1.82, 2.24) is 4.90 Å². The van der Waals surface area contributed by atoms with Gasteiger partial charge < -0.3 is 15.0 Å². The second kappa shape index (κ2) is 6.84. The van der Waals surface area contributed by atoms with E-state index in [2.05, 4.69) is 5.32 Å². The van der Waals surface area contributed by atoms with Crippen molar-refractivity contribution in [1.29, 1.82) is 0 Å². The topological polar surface area (TPSA) is 58.6 Å². The van der Waals surface area contributed by atoms with Gasteiger partial charge in [0.25, 0.3) is 11.8 Å². The minimum absolute atomic E-state index is 0.0167. The molecule has 5 nitrogen and oxygen atoms in total. The molecule has 1 N–H and O–H groups in total. The SMILES string of the molecule is O=C1Nc2cc(C(=O)N3CCCC3)ccc2O/C1=C\c1ccccc1Cl. The third-order valence-electron chi connectivity index (χ3n) is 4.50. The highest BCUT2D eigenvalue weighted by molar-refractivity contribution is 6.32. The number of nitrogens with zero attached hydrogens (tertiary/aromatic N) is 1. The zero-order valence-corrected chi connectivity index (χ0v) is 14.8. The van der Waals surface area contributed by atoms with Gasteiger partial charge in [-0.3, -0.25) is 9.59 Å². The van der Waals surface area contributed by atoms with E-state index in [1.807, 2.05) is 17.0 Å². The molecule has 0 bridgehead atoms. The third kappa shape index (κ3) is 3.18. The molecule has 2 amide bonds. The Morgan fingerprint density at radius 2 is 1.92 bits per heavy atom. The van der Waals surface area contributed by atoms with Crippen LogP contribution in [-0.4, -0.2) is 29.8 Å². The van der Waals surface area contributed by atoms with Gasteiger partial charge in [0.2, 0.25) is 0 Å². The van der Waals surface area contributed by atoms with Gasteiger partial charge in [-0.25, -0.2) is 0 Å². The number of carbonyl (C=O) groups excluding carboxylic acids is 2. The molecule has 0 spiro atoms. The number of halogens is 1. The van der Waals surface area contributed by atoms with E-state index in [0.717, 1.165) is 25.9 Å². The van der Waals surface area contributed by atoms with Crippen molar-refractivity contribution in [2.45, 2.75) is 12.8 Å². The first-order valence-corrected chi connectivity index (χ1v) is 8.88. The molecule has 2 aliphatic rings. The number of fused-ring (bicyclic) bond motifs is 1. The molecule has 132 valence electrons. The molecule has 6 heteroatoms. The second-order valence-electron chi connectivity index (χ2n) is 6.30. The number of carbonyl (C=O) groups is 2. The van der Waals surface area contributed by atoms with Crippen LogP contribution in [0.25, 0.3) is 6.08 Å². The quantitative estimate of drug-likeness (QED) is 0.816. The minimum Gasteiger partial charge on any atom is -0.449 e. The smallest absolute Gasteiger partial charge is 0.291 e. The van der Waals surface area contributed by atoms with E-state index in [0.29, 0.717) is 27.6 Å². The Morgan fingerprint density at radius 1 is 1.15 bits per heavy atom. The fourth-order valence-corrected chi connectivity index (χ4v) is 3.32. The molecule has 26 heavy (non-hydrogen) atoms. The van der Waals surface area contributed by atoms with Crippen LogP contribution in [0.15, 0.2) is 48.2 Å². The number of benzene rings is 2. The number of nitrogens with one attached hydrogen (secondary N) is 1. The molecule has 4 rings (SSSR count). The maximum atomic E-state index is 12.5. The molecule has 0 aliphatic carbocycles. The van der Waals surface area contributed by atoms with Crippen molar-refractivity contribution < 1.29 is 14.3 Å². The monoisotopic (exact) mass is 368 g/mol. The van der Waals surface area contributed by atoms with Gasteiger partial charge in [-0.15, -0.1) is 0 Å². The van der Waals surface area contributed by atoms with Crippen LogP contribution in [0.4, 0.5) is 5.69 Å². The number of ether oxygens (including phenoxy) is 1. The first kappa shape index (κ1) is 16.7. The number of rotatable bonds is 2. The number of anilines is 1. The molecular weight excluding hydrogens is 352 g/mol. The Morgan fingerprint density at radius 3 is 2.69 bits per heavy atom. The van der Waals surface area contributed by atoms with Gasteiger partial charge in [-0.05, 0) is 48.7 Å². The first-order valence-electron chi connectivity index (χ1n) is 8.50. The number of likely N-dealkylation sites (tertiary alicyclic amines) is 1. The summed E-state index contributed by atoms with van der Waals surface area (Å²) in [5.74, 6) is 0.269. The van der Waals surface area contributed by atoms with E-state index in [9.17, 15) is 9.59 Å². The average molecular weight is 369 g/mol. The summed E-state index contributed by atoms with van der Waals surface area (Å²) in [4.78, 5) is 26.7. The largest absolute Gasteiger partial charge is 0.449 e. The van der Waals surface area contributed by atoms with Gasteiger partial charge in [0.15, 0.2) is 11.5 Å². The summed E-state index contributed by atoms with van der Waals surface area (Å²) in [6.45, 7) is 1.56. The third-order valence-corrected chi connectivity index (χ3v) is 4.85. The summed E-state index contributed by atoms with van der Waals surface area (Å²) in [7, 11) is 0. The molecule has 2 aliphatic heterocycles. The highest BCUT2D eigenvalue weighted by atomic mass is 35.5. The molecule has 0 aromatic heterocycles. The second-order valence-corrected chi connectivity index (χ2v) is 6.70. The normalized spacial score (nSPS) is 17.7. The van der Waals surface area contributed by atoms with Gasteiger partial charge in [-0.1, -0.05) is 29.8 Å². The summed E-state index contributed by atoms with van der Waals surface area (Å²) in [6, 6.07) is 12.3. The summed E-state index contributed by atoms with van der Waals surface area (Å²) in [6.07, 6.45) is 3.67. The summed E-state index contributed by atoms with van der Waals surface area (Å²) in [5, 5.41) is 3.33. The van der Waals surface area contributed by atoms with Gasteiger partial charge >= 0.3 is 0 Å². The fourth-order valence-electron chi connectivity index (χ4n) is 3.13.